The Morgan fingerprint density at radius 2 is 1.79 bits per heavy atom. The fraction of sp³-hybridized carbons (Fsp3) is 0.579. The minimum Gasteiger partial charge on any atom is -0.351 e. The Morgan fingerprint density at radius 3 is 2.33 bits per heavy atom. The molecule has 24 heavy (non-hydrogen) atoms. The van der Waals surface area contributed by atoms with Gasteiger partial charge in [-0.15, -0.1) is 0 Å². The van der Waals surface area contributed by atoms with E-state index in [-0.39, 0.29) is 11.8 Å². The van der Waals surface area contributed by atoms with Gasteiger partial charge in [0.05, 0.1) is 26.2 Å². The van der Waals surface area contributed by atoms with E-state index in [1.807, 2.05) is 4.90 Å². The zero-order valence-electron chi connectivity index (χ0n) is 15.1. The van der Waals surface area contributed by atoms with Crippen LogP contribution in [0.4, 0.5) is 0 Å². The third-order valence-electron chi connectivity index (χ3n) is 4.71. The van der Waals surface area contributed by atoms with Crippen LogP contribution in [0, 0.1) is 0 Å². The number of nitrogens with zero attached hydrogens (tertiary/aromatic N) is 1. The van der Waals surface area contributed by atoms with Crippen molar-refractivity contribution < 1.29 is 14.5 Å². The second kappa shape index (κ2) is 8.83. The topological polar surface area (TPSA) is 53.9 Å². The fourth-order valence-electron chi connectivity index (χ4n) is 3.02. The van der Waals surface area contributed by atoms with Gasteiger partial charge in [-0.2, -0.15) is 0 Å². The number of benzene rings is 1. The van der Waals surface area contributed by atoms with E-state index in [9.17, 15) is 9.59 Å². The largest absolute Gasteiger partial charge is 0.351 e. The highest BCUT2D eigenvalue weighted by Crippen LogP contribution is 2.14. The number of quaternary nitrogens is 1. The van der Waals surface area contributed by atoms with Crippen LogP contribution in [-0.4, -0.2) is 56.0 Å². The highest BCUT2D eigenvalue weighted by molar-refractivity contribution is 5.76. The van der Waals surface area contributed by atoms with Crippen molar-refractivity contribution in [1.82, 2.24) is 10.2 Å². The van der Waals surface area contributed by atoms with Crippen molar-refractivity contribution in [3.63, 3.8) is 0 Å². The van der Waals surface area contributed by atoms with Gasteiger partial charge in [0.2, 0.25) is 5.91 Å². The fourth-order valence-corrected chi connectivity index (χ4v) is 3.02. The molecule has 0 aromatic heterocycles. The van der Waals surface area contributed by atoms with Crippen LogP contribution in [0.3, 0.4) is 0 Å². The van der Waals surface area contributed by atoms with Crippen molar-refractivity contribution in [2.45, 2.75) is 33.1 Å². The lowest BCUT2D eigenvalue weighted by Crippen LogP contribution is -3.15. The average molecular weight is 332 g/mol. The van der Waals surface area contributed by atoms with Crippen LogP contribution in [0.1, 0.15) is 37.8 Å². The van der Waals surface area contributed by atoms with E-state index in [2.05, 4.69) is 43.4 Å². The molecule has 0 radical (unpaired) electrons. The minimum atomic E-state index is 0.0973. The molecule has 0 unspecified atom stereocenters. The van der Waals surface area contributed by atoms with Gasteiger partial charge in [0, 0.05) is 13.5 Å². The van der Waals surface area contributed by atoms with Gasteiger partial charge in [0.25, 0.3) is 5.91 Å². The Morgan fingerprint density at radius 1 is 1.17 bits per heavy atom. The molecule has 0 saturated carbocycles. The van der Waals surface area contributed by atoms with Gasteiger partial charge in [0.15, 0.2) is 6.54 Å². The number of carbonyl (C=O) groups is 2. The van der Waals surface area contributed by atoms with Gasteiger partial charge in [-0.05, 0) is 23.5 Å². The molecule has 0 spiro atoms. The highest BCUT2D eigenvalue weighted by Gasteiger charge is 2.23. The molecule has 132 valence electrons. The SMILES string of the molecule is CC(=O)N1CC[NH+](CC(=O)NCCc2ccc(C(C)C)cc2)CC1. The zero-order chi connectivity index (χ0) is 17.5. The number of amides is 2. The number of hydrogen-bond acceptors (Lipinski definition) is 2. The normalized spacial score (nSPS) is 15.6. The molecular weight excluding hydrogens is 302 g/mol. The van der Waals surface area contributed by atoms with Crippen molar-refractivity contribution in [1.29, 1.82) is 0 Å². The summed E-state index contributed by atoms with van der Waals surface area (Å²) in [7, 11) is 0. The number of rotatable bonds is 6. The van der Waals surface area contributed by atoms with Gasteiger partial charge in [-0.1, -0.05) is 38.1 Å². The molecule has 1 fully saturated rings. The Hall–Kier alpha value is -1.88. The number of carbonyl (C=O) groups excluding carboxylic acids is 2. The molecule has 1 aromatic rings. The van der Waals surface area contributed by atoms with Crippen LogP contribution in [0.25, 0.3) is 0 Å². The first kappa shape index (κ1) is 18.5. The third-order valence-corrected chi connectivity index (χ3v) is 4.71. The Bertz CT molecular complexity index is 546. The maximum atomic E-state index is 12.0. The Kier molecular flexibility index (Phi) is 6.79. The first-order valence-corrected chi connectivity index (χ1v) is 8.90. The predicted molar refractivity (Wildman–Crippen MR) is 95.1 cm³/mol. The first-order chi connectivity index (χ1) is 11.5. The van der Waals surface area contributed by atoms with E-state index in [1.54, 1.807) is 6.92 Å². The van der Waals surface area contributed by atoms with Crippen molar-refractivity contribution in [2.75, 3.05) is 39.3 Å². The highest BCUT2D eigenvalue weighted by atomic mass is 16.2. The average Bonchev–Trinajstić information content (AvgIpc) is 2.55. The third kappa shape index (κ3) is 5.64. The lowest BCUT2D eigenvalue weighted by atomic mass is 10.0. The van der Waals surface area contributed by atoms with Gasteiger partial charge >= 0.3 is 0 Å². The molecule has 1 heterocycles. The van der Waals surface area contributed by atoms with Gasteiger partial charge in [0.1, 0.15) is 0 Å². The lowest BCUT2D eigenvalue weighted by Gasteiger charge is -2.31. The number of piperazine rings is 1. The molecule has 5 nitrogen and oxygen atoms in total. The molecule has 1 saturated heterocycles. The quantitative estimate of drug-likeness (QED) is 0.783. The van der Waals surface area contributed by atoms with Crippen molar-refractivity contribution in [3.05, 3.63) is 35.4 Å². The summed E-state index contributed by atoms with van der Waals surface area (Å²) in [6, 6.07) is 8.63. The summed E-state index contributed by atoms with van der Waals surface area (Å²) in [5.74, 6) is 0.771. The van der Waals surface area contributed by atoms with Crippen molar-refractivity contribution >= 4 is 11.8 Å². The summed E-state index contributed by atoms with van der Waals surface area (Å²) in [5.41, 5.74) is 2.60. The van der Waals surface area contributed by atoms with E-state index >= 15 is 0 Å². The zero-order valence-corrected chi connectivity index (χ0v) is 15.1. The smallest absolute Gasteiger partial charge is 0.275 e. The molecule has 1 aliphatic rings. The molecule has 5 heteroatoms. The van der Waals surface area contributed by atoms with E-state index in [1.165, 1.54) is 16.0 Å². The summed E-state index contributed by atoms with van der Waals surface area (Å²) in [6.45, 7) is 10.4. The molecular formula is C19H30N3O2+. The van der Waals surface area contributed by atoms with Crippen LogP contribution in [0.2, 0.25) is 0 Å². The van der Waals surface area contributed by atoms with Crippen LogP contribution >= 0.6 is 0 Å². The van der Waals surface area contributed by atoms with Crippen molar-refractivity contribution in [3.8, 4) is 0 Å². The van der Waals surface area contributed by atoms with E-state index in [4.69, 9.17) is 0 Å². The Labute approximate surface area is 145 Å². The van der Waals surface area contributed by atoms with Crippen molar-refractivity contribution in [2.24, 2.45) is 0 Å². The molecule has 0 atom stereocenters. The maximum Gasteiger partial charge on any atom is 0.275 e. The van der Waals surface area contributed by atoms with E-state index < -0.39 is 0 Å². The molecule has 1 aromatic carbocycles. The van der Waals surface area contributed by atoms with Crippen LogP contribution in [0.15, 0.2) is 24.3 Å². The molecule has 2 amide bonds. The molecule has 0 aliphatic carbocycles. The lowest BCUT2D eigenvalue weighted by molar-refractivity contribution is -0.896. The summed E-state index contributed by atoms with van der Waals surface area (Å²) >= 11 is 0. The molecule has 0 bridgehead atoms. The van der Waals surface area contributed by atoms with E-state index in [0.717, 1.165) is 32.6 Å². The van der Waals surface area contributed by atoms with E-state index in [0.29, 0.717) is 19.0 Å². The minimum absolute atomic E-state index is 0.0973. The first-order valence-electron chi connectivity index (χ1n) is 8.90. The standard InChI is InChI=1S/C19H29N3O2/c1-15(2)18-6-4-17(5-7-18)8-9-20-19(24)14-21-10-12-22(13-11-21)16(3)23/h4-7,15H,8-14H2,1-3H3,(H,20,24)/p+1. The molecule has 2 N–H and O–H groups in total. The second-order valence-corrected chi connectivity index (χ2v) is 6.93. The monoisotopic (exact) mass is 332 g/mol. The van der Waals surface area contributed by atoms with Gasteiger partial charge in [-0.3, -0.25) is 9.59 Å². The van der Waals surface area contributed by atoms with Gasteiger partial charge in [-0.25, -0.2) is 0 Å². The maximum absolute atomic E-state index is 12.0. The van der Waals surface area contributed by atoms with Gasteiger partial charge < -0.3 is 15.1 Å². The second-order valence-electron chi connectivity index (χ2n) is 6.93. The van der Waals surface area contributed by atoms with Crippen LogP contribution in [-0.2, 0) is 16.0 Å². The Balaban J connectivity index is 1.66. The predicted octanol–water partition coefficient (Wildman–Crippen LogP) is 0.216. The number of hydrogen-bond donors (Lipinski definition) is 2. The van der Waals surface area contributed by atoms with Crippen LogP contribution in [0.5, 0.6) is 0 Å². The van der Waals surface area contributed by atoms with Crippen LogP contribution < -0.4 is 10.2 Å². The summed E-state index contributed by atoms with van der Waals surface area (Å²) in [5, 5.41) is 3.01. The molecule has 2 rings (SSSR count). The molecule has 1 aliphatic heterocycles. The number of nitrogens with one attached hydrogen (secondary N) is 2. The summed E-state index contributed by atoms with van der Waals surface area (Å²) in [4.78, 5) is 26.5. The summed E-state index contributed by atoms with van der Waals surface area (Å²) in [6.07, 6.45) is 0.859. The summed E-state index contributed by atoms with van der Waals surface area (Å²) < 4.78 is 0.